The minimum Gasteiger partial charge on any atom is -0.447 e. The van der Waals surface area contributed by atoms with Gasteiger partial charge in [-0.05, 0) is 31.5 Å². The Bertz CT molecular complexity index is 428. The Hall–Kier alpha value is -0.350. The van der Waals surface area contributed by atoms with E-state index in [4.69, 9.17) is 51.1 Å². The molecule has 1 aromatic rings. The second-order valence-corrected chi connectivity index (χ2v) is 6.93. The van der Waals surface area contributed by atoms with Gasteiger partial charge in [0, 0.05) is 5.02 Å². The zero-order valence-corrected chi connectivity index (χ0v) is 13.3. The number of halogens is 4. The Morgan fingerprint density at radius 3 is 2.16 bits per heavy atom. The normalized spacial score (nSPS) is 13.2. The van der Waals surface area contributed by atoms with E-state index < -0.39 is 15.9 Å². The van der Waals surface area contributed by atoms with Crippen LogP contribution in [0.3, 0.4) is 0 Å². The van der Waals surface area contributed by atoms with Gasteiger partial charge in [-0.15, -0.1) is 0 Å². The Balaban J connectivity index is 2.90. The first-order chi connectivity index (χ1) is 8.70. The molecule has 1 amide bonds. The molecule has 1 unspecified atom stereocenters. The van der Waals surface area contributed by atoms with Crippen molar-refractivity contribution in [3.63, 3.8) is 0 Å². The molecule has 3 nitrogen and oxygen atoms in total. The third kappa shape index (κ3) is 5.65. The fourth-order valence-electron chi connectivity index (χ4n) is 1.38. The molecule has 0 saturated heterocycles. The molecule has 0 heterocycles. The number of alkyl halides is 3. The van der Waals surface area contributed by atoms with E-state index in [1.54, 1.807) is 38.1 Å². The van der Waals surface area contributed by atoms with Crippen LogP contribution >= 0.6 is 46.4 Å². The van der Waals surface area contributed by atoms with Gasteiger partial charge in [-0.25, -0.2) is 4.79 Å². The third-order valence-electron chi connectivity index (χ3n) is 2.14. The van der Waals surface area contributed by atoms with Crippen molar-refractivity contribution in [1.29, 1.82) is 0 Å². The van der Waals surface area contributed by atoms with E-state index >= 15 is 0 Å². The highest BCUT2D eigenvalue weighted by atomic mass is 35.6. The summed E-state index contributed by atoms with van der Waals surface area (Å²) in [5.41, 5.74) is 0.616. The minimum absolute atomic E-state index is 0.263. The summed E-state index contributed by atoms with van der Waals surface area (Å²) >= 11 is 23.4. The monoisotopic (exact) mass is 343 g/mol. The maximum absolute atomic E-state index is 11.6. The lowest BCUT2D eigenvalue weighted by atomic mass is 10.1. The molecule has 0 fully saturated rings. The number of carbonyl (C=O) groups is 1. The van der Waals surface area contributed by atoms with Crippen LogP contribution in [-0.2, 0) is 4.74 Å². The van der Waals surface area contributed by atoms with E-state index in [0.717, 1.165) is 0 Å². The van der Waals surface area contributed by atoms with Gasteiger partial charge in [0.25, 0.3) is 0 Å². The topological polar surface area (TPSA) is 38.3 Å². The highest BCUT2D eigenvalue weighted by molar-refractivity contribution is 6.68. The lowest BCUT2D eigenvalue weighted by molar-refractivity contribution is 0.112. The van der Waals surface area contributed by atoms with E-state index in [2.05, 4.69) is 5.32 Å². The van der Waals surface area contributed by atoms with Crippen LogP contribution in [-0.4, -0.2) is 16.0 Å². The zero-order valence-electron chi connectivity index (χ0n) is 10.3. The van der Waals surface area contributed by atoms with Gasteiger partial charge in [-0.3, -0.25) is 0 Å². The molecule has 1 rings (SSSR count). The van der Waals surface area contributed by atoms with Crippen molar-refractivity contribution in [2.45, 2.75) is 29.8 Å². The number of alkyl carbamates (subject to hydrolysis) is 1. The summed E-state index contributed by atoms with van der Waals surface area (Å²) in [6.45, 7) is 3.46. The van der Waals surface area contributed by atoms with Crippen molar-refractivity contribution in [2.24, 2.45) is 0 Å². The van der Waals surface area contributed by atoms with Gasteiger partial charge >= 0.3 is 6.09 Å². The van der Waals surface area contributed by atoms with Crippen LogP contribution < -0.4 is 5.32 Å². The number of carbonyl (C=O) groups excluding carboxylic acids is 1. The van der Waals surface area contributed by atoms with Gasteiger partial charge in [-0.1, -0.05) is 58.5 Å². The van der Waals surface area contributed by atoms with Gasteiger partial charge in [0.2, 0.25) is 3.79 Å². The number of hydrogen-bond donors (Lipinski definition) is 1. The molecule has 0 bridgehead atoms. The Morgan fingerprint density at radius 1 is 1.21 bits per heavy atom. The molecule has 0 radical (unpaired) electrons. The van der Waals surface area contributed by atoms with E-state index in [1.807, 2.05) is 0 Å². The first-order valence-electron chi connectivity index (χ1n) is 5.49. The fraction of sp³-hybridized carbons (Fsp3) is 0.417. The van der Waals surface area contributed by atoms with Crippen LogP contribution in [0.4, 0.5) is 4.79 Å². The van der Waals surface area contributed by atoms with Gasteiger partial charge in [0.1, 0.15) is 6.04 Å². The fourth-order valence-corrected chi connectivity index (χ4v) is 2.04. The molecule has 0 spiro atoms. The smallest absolute Gasteiger partial charge is 0.408 e. The molecular weight excluding hydrogens is 332 g/mol. The van der Waals surface area contributed by atoms with Crippen molar-refractivity contribution < 1.29 is 9.53 Å². The van der Waals surface area contributed by atoms with Gasteiger partial charge in [-0.2, -0.15) is 0 Å². The number of rotatable bonds is 3. The van der Waals surface area contributed by atoms with Crippen molar-refractivity contribution in [3.05, 3.63) is 34.9 Å². The van der Waals surface area contributed by atoms with E-state index in [-0.39, 0.29) is 6.10 Å². The highest BCUT2D eigenvalue weighted by Crippen LogP contribution is 2.40. The molecule has 1 aromatic carbocycles. The summed E-state index contributed by atoms with van der Waals surface area (Å²) in [6.07, 6.45) is -0.914. The van der Waals surface area contributed by atoms with E-state index in [0.29, 0.717) is 10.6 Å². The summed E-state index contributed by atoms with van der Waals surface area (Å²) in [5, 5.41) is 3.08. The van der Waals surface area contributed by atoms with E-state index in [1.165, 1.54) is 0 Å². The Labute approximate surface area is 132 Å². The highest BCUT2D eigenvalue weighted by Gasteiger charge is 2.35. The largest absolute Gasteiger partial charge is 0.447 e. The summed E-state index contributed by atoms with van der Waals surface area (Å²) in [4.78, 5) is 11.6. The van der Waals surface area contributed by atoms with Crippen LogP contribution in [0.1, 0.15) is 25.5 Å². The lowest BCUT2D eigenvalue weighted by Crippen LogP contribution is -2.37. The number of ether oxygens (including phenoxy) is 1. The maximum atomic E-state index is 11.6. The molecule has 1 atom stereocenters. The average molecular weight is 345 g/mol. The van der Waals surface area contributed by atoms with Crippen LogP contribution in [0.25, 0.3) is 0 Å². The SMILES string of the molecule is CC(C)OC(=O)NC(c1ccc(Cl)cc1)C(Cl)(Cl)Cl. The molecule has 0 aliphatic carbocycles. The zero-order chi connectivity index (χ0) is 14.6. The maximum Gasteiger partial charge on any atom is 0.408 e. The first-order valence-corrected chi connectivity index (χ1v) is 7.00. The first kappa shape index (κ1) is 16.7. The average Bonchev–Trinajstić information content (AvgIpc) is 2.25. The van der Waals surface area contributed by atoms with E-state index in [9.17, 15) is 4.79 Å². The molecule has 106 valence electrons. The standard InChI is InChI=1S/C12H13Cl4NO2/c1-7(2)19-11(18)17-10(12(14,15)16)8-3-5-9(13)6-4-8/h3-7,10H,1-2H3,(H,17,18). The van der Waals surface area contributed by atoms with Crippen LogP contribution in [0.15, 0.2) is 24.3 Å². The van der Waals surface area contributed by atoms with Crippen LogP contribution in [0.5, 0.6) is 0 Å². The number of benzene rings is 1. The molecule has 0 aliphatic rings. The molecule has 7 heteroatoms. The summed E-state index contributed by atoms with van der Waals surface area (Å²) in [7, 11) is 0. The van der Waals surface area contributed by atoms with Gasteiger partial charge < -0.3 is 10.1 Å². The minimum atomic E-state index is -1.70. The van der Waals surface area contributed by atoms with Crippen molar-refractivity contribution >= 4 is 52.5 Å². The molecule has 0 saturated carbocycles. The molecule has 0 aromatic heterocycles. The third-order valence-corrected chi connectivity index (χ3v) is 3.04. The lowest BCUT2D eigenvalue weighted by Gasteiger charge is -2.26. The van der Waals surface area contributed by atoms with Crippen LogP contribution in [0.2, 0.25) is 5.02 Å². The quantitative estimate of drug-likeness (QED) is 0.793. The Morgan fingerprint density at radius 2 is 1.74 bits per heavy atom. The number of nitrogens with one attached hydrogen (secondary N) is 1. The molecular formula is C12H13Cl4NO2. The molecule has 0 aliphatic heterocycles. The summed E-state index contributed by atoms with van der Waals surface area (Å²) in [6, 6.07) is 5.81. The van der Waals surface area contributed by atoms with Gasteiger partial charge in [0.15, 0.2) is 0 Å². The van der Waals surface area contributed by atoms with Gasteiger partial charge in [0.05, 0.1) is 6.10 Å². The number of hydrogen-bond acceptors (Lipinski definition) is 2. The molecule has 1 N–H and O–H groups in total. The van der Waals surface area contributed by atoms with Crippen molar-refractivity contribution in [1.82, 2.24) is 5.32 Å². The summed E-state index contributed by atoms with van der Waals surface area (Å²) in [5.74, 6) is 0. The van der Waals surface area contributed by atoms with Crippen LogP contribution in [0, 0.1) is 0 Å². The molecule has 19 heavy (non-hydrogen) atoms. The summed E-state index contributed by atoms with van der Waals surface area (Å²) < 4.78 is 3.26. The number of amides is 1. The second kappa shape index (κ2) is 6.89. The predicted molar refractivity (Wildman–Crippen MR) is 79.2 cm³/mol. The Kier molecular flexibility index (Phi) is 6.06. The van der Waals surface area contributed by atoms with Crippen molar-refractivity contribution in [2.75, 3.05) is 0 Å². The second-order valence-electron chi connectivity index (χ2n) is 4.12. The van der Waals surface area contributed by atoms with Crippen molar-refractivity contribution in [3.8, 4) is 0 Å². The predicted octanol–water partition coefficient (Wildman–Crippen LogP) is 4.89.